The van der Waals surface area contributed by atoms with Crippen molar-refractivity contribution in [3.05, 3.63) is 83.9 Å². The van der Waals surface area contributed by atoms with E-state index in [1.807, 2.05) is 66.4 Å². The van der Waals surface area contributed by atoms with Crippen molar-refractivity contribution in [2.45, 2.75) is 31.8 Å². The SMILES string of the molecule is CCC1=NC2(CCOC2)C(=O)N1Cc1ccc(-c2cc(-c3ccccc3)ccc2/C(N)=N/NN)cc1. The Morgan fingerprint density at radius 2 is 1.83 bits per heavy atom. The van der Waals surface area contributed by atoms with E-state index in [0.717, 1.165) is 39.2 Å². The number of carbonyl (C=O) groups excluding carboxylic acids is 1. The third kappa shape index (κ3) is 4.36. The maximum atomic E-state index is 13.2. The first-order valence-corrected chi connectivity index (χ1v) is 12.1. The molecule has 1 amide bonds. The Labute approximate surface area is 210 Å². The molecule has 2 aliphatic heterocycles. The van der Waals surface area contributed by atoms with Gasteiger partial charge in [0, 0.05) is 25.0 Å². The molecule has 0 aliphatic carbocycles. The van der Waals surface area contributed by atoms with E-state index in [4.69, 9.17) is 21.3 Å². The van der Waals surface area contributed by atoms with E-state index >= 15 is 0 Å². The molecule has 184 valence electrons. The molecule has 1 atom stereocenters. The van der Waals surface area contributed by atoms with Gasteiger partial charge in [0.25, 0.3) is 5.91 Å². The third-order valence-corrected chi connectivity index (χ3v) is 6.81. The number of amides is 1. The van der Waals surface area contributed by atoms with E-state index in [1.165, 1.54) is 0 Å². The number of amidine groups is 2. The highest BCUT2D eigenvalue weighted by Crippen LogP contribution is 2.34. The lowest BCUT2D eigenvalue weighted by Crippen LogP contribution is -2.42. The molecule has 1 unspecified atom stereocenters. The van der Waals surface area contributed by atoms with E-state index in [9.17, 15) is 4.79 Å². The number of nitrogens with two attached hydrogens (primary N) is 2. The van der Waals surface area contributed by atoms with Crippen LogP contribution in [0, 0.1) is 0 Å². The van der Waals surface area contributed by atoms with Crippen LogP contribution in [0.5, 0.6) is 0 Å². The Hall–Kier alpha value is -4.01. The summed E-state index contributed by atoms with van der Waals surface area (Å²) < 4.78 is 5.51. The number of aliphatic imine (C=N–C) groups is 1. The lowest BCUT2D eigenvalue weighted by molar-refractivity contribution is -0.131. The second-order valence-corrected chi connectivity index (χ2v) is 9.06. The average molecular weight is 483 g/mol. The Bertz CT molecular complexity index is 1310. The Balaban J connectivity index is 1.45. The second kappa shape index (κ2) is 9.93. The molecule has 3 aromatic carbocycles. The molecule has 0 bridgehead atoms. The van der Waals surface area contributed by atoms with Crippen LogP contribution in [0.15, 0.2) is 82.9 Å². The van der Waals surface area contributed by atoms with E-state index in [-0.39, 0.29) is 5.91 Å². The molecule has 0 aromatic heterocycles. The van der Waals surface area contributed by atoms with Gasteiger partial charge in [-0.1, -0.05) is 67.6 Å². The number of carbonyl (C=O) groups is 1. The molecule has 5 rings (SSSR count). The smallest absolute Gasteiger partial charge is 0.258 e. The first-order valence-electron chi connectivity index (χ1n) is 12.1. The number of rotatable bonds is 7. The molecule has 5 N–H and O–H groups in total. The van der Waals surface area contributed by atoms with Gasteiger partial charge in [0.1, 0.15) is 5.84 Å². The Kier molecular flexibility index (Phi) is 6.54. The highest BCUT2D eigenvalue weighted by molar-refractivity contribution is 6.08. The van der Waals surface area contributed by atoms with Gasteiger partial charge in [0.2, 0.25) is 0 Å². The van der Waals surface area contributed by atoms with Crippen molar-refractivity contribution < 1.29 is 9.53 Å². The Morgan fingerprint density at radius 1 is 1.08 bits per heavy atom. The number of hydrogen-bond acceptors (Lipinski definition) is 6. The summed E-state index contributed by atoms with van der Waals surface area (Å²) in [6.45, 7) is 3.45. The quantitative estimate of drug-likeness (QED) is 0.206. The molecule has 0 saturated carbocycles. The van der Waals surface area contributed by atoms with Crippen LogP contribution >= 0.6 is 0 Å². The molecular weight excluding hydrogens is 452 g/mol. The van der Waals surface area contributed by atoms with Gasteiger partial charge in [-0.2, -0.15) is 0 Å². The van der Waals surface area contributed by atoms with Crippen LogP contribution in [0.2, 0.25) is 0 Å². The van der Waals surface area contributed by atoms with Crippen LogP contribution in [0.1, 0.15) is 30.9 Å². The molecule has 8 heteroatoms. The predicted octanol–water partition coefficient (Wildman–Crippen LogP) is 3.41. The summed E-state index contributed by atoms with van der Waals surface area (Å²) in [5, 5.41) is 3.98. The number of benzene rings is 3. The van der Waals surface area contributed by atoms with E-state index in [2.05, 4.69) is 28.8 Å². The third-order valence-electron chi connectivity index (χ3n) is 6.81. The zero-order valence-corrected chi connectivity index (χ0v) is 20.3. The highest BCUT2D eigenvalue weighted by Gasteiger charge is 2.50. The number of hydrazone groups is 1. The highest BCUT2D eigenvalue weighted by atomic mass is 16.5. The summed E-state index contributed by atoms with van der Waals surface area (Å²) in [4.78, 5) is 19.8. The summed E-state index contributed by atoms with van der Waals surface area (Å²) in [6, 6.07) is 24.4. The van der Waals surface area contributed by atoms with Gasteiger partial charge in [-0.3, -0.25) is 14.7 Å². The molecule has 36 heavy (non-hydrogen) atoms. The van der Waals surface area contributed by atoms with Gasteiger partial charge in [0.05, 0.1) is 13.2 Å². The molecular formula is C28H30N6O2. The fourth-order valence-corrected chi connectivity index (χ4v) is 4.89. The van der Waals surface area contributed by atoms with Crippen LogP contribution in [0.25, 0.3) is 22.3 Å². The monoisotopic (exact) mass is 482 g/mol. The number of hydrazine groups is 1. The number of ether oxygens (including phenoxy) is 1. The number of nitrogens with zero attached hydrogens (tertiary/aromatic N) is 3. The molecule has 2 aliphatic rings. The van der Waals surface area contributed by atoms with Crippen molar-refractivity contribution in [3.63, 3.8) is 0 Å². The number of nitrogens with one attached hydrogen (secondary N) is 1. The molecule has 1 fully saturated rings. The van der Waals surface area contributed by atoms with Crippen molar-refractivity contribution in [1.82, 2.24) is 10.4 Å². The van der Waals surface area contributed by atoms with Gasteiger partial charge in [-0.05, 0) is 39.9 Å². The maximum Gasteiger partial charge on any atom is 0.258 e. The second-order valence-electron chi connectivity index (χ2n) is 9.06. The first kappa shape index (κ1) is 23.7. The van der Waals surface area contributed by atoms with Crippen LogP contribution < -0.4 is 17.1 Å². The van der Waals surface area contributed by atoms with Gasteiger partial charge in [-0.15, -0.1) is 5.10 Å². The molecule has 1 spiro atoms. The fourth-order valence-electron chi connectivity index (χ4n) is 4.89. The van der Waals surface area contributed by atoms with E-state index < -0.39 is 5.54 Å². The zero-order chi connectivity index (χ0) is 25.1. The summed E-state index contributed by atoms with van der Waals surface area (Å²) >= 11 is 0. The molecule has 0 radical (unpaired) electrons. The standard InChI is InChI=1S/C28H30N6O2/c1-2-25-31-28(14-15-36-18-28)27(35)34(25)17-19-8-10-21(11-9-19)24-16-22(20-6-4-3-5-7-20)12-13-23(24)26(29)32-33-30/h3-13,16,33H,2,14-15,17-18,30H2,1H3,(H2,29,32). The molecule has 8 nitrogen and oxygen atoms in total. The fraction of sp³-hybridized carbons (Fsp3) is 0.250. The van der Waals surface area contributed by atoms with Crippen molar-refractivity contribution >= 4 is 17.6 Å². The van der Waals surface area contributed by atoms with Crippen LogP contribution in [0.3, 0.4) is 0 Å². The summed E-state index contributed by atoms with van der Waals surface area (Å²) in [5.74, 6) is 6.55. The number of hydrogen-bond donors (Lipinski definition) is 3. The maximum absolute atomic E-state index is 13.2. The van der Waals surface area contributed by atoms with E-state index in [1.54, 1.807) is 0 Å². The summed E-state index contributed by atoms with van der Waals surface area (Å²) in [6.07, 6.45) is 1.35. The van der Waals surface area contributed by atoms with Gasteiger partial charge in [0.15, 0.2) is 11.4 Å². The summed E-state index contributed by atoms with van der Waals surface area (Å²) in [7, 11) is 0. The lowest BCUT2D eigenvalue weighted by Gasteiger charge is -2.21. The lowest BCUT2D eigenvalue weighted by atomic mass is 9.93. The Morgan fingerprint density at radius 3 is 2.50 bits per heavy atom. The largest absolute Gasteiger partial charge is 0.382 e. The minimum atomic E-state index is -0.730. The normalized spacial score (nSPS) is 19.7. The van der Waals surface area contributed by atoms with Gasteiger partial charge < -0.3 is 10.5 Å². The van der Waals surface area contributed by atoms with Crippen LogP contribution in [-0.4, -0.2) is 41.2 Å². The van der Waals surface area contributed by atoms with Crippen LogP contribution in [0.4, 0.5) is 0 Å². The van der Waals surface area contributed by atoms with Crippen molar-refractivity contribution in [3.8, 4) is 22.3 Å². The first-order chi connectivity index (χ1) is 17.5. The van der Waals surface area contributed by atoms with Gasteiger partial charge in [-0.25, -0.2) is 11.4 Å². The average Bonchev–Trinajstić information content (AvgIpc) is 3.50. The van der Waals surface area contributed by atoms with E-state index in [0.29, 0.717) is 38.4 Å². The van der Waals surface area contributed by atoms with Crippen LogP contribution in [-0.2, 0) is 16.1 Å². The summed E-state index contributed by atoms with van der Waals surface area (Å²) in [5.41, 5.74) is 13.7. The van der Waals surface area contributed by atoms with Crippen molar-refractivity contribution in [2.24, 2.45) is 21.7 Å². The van der Waals surface area contributed by atoms with Crippen molar-refractivity contribution in [1.29, 1.82) is 0 Å². The predicted molar refractivity (Wildman–Crippen MR) is 142 cm³/mol. The van der Waals surface area contributed by atoms with Gasteiger partial charge >= 0.3 is 0 Å². The minimum Gasteiger partial charge on any atom is -0.382 e. The van der Waals surface area contributed by atoms with Crippen molar-refractivity contribution in [2.75, 3.05) is 13.2 Å². The minimum absolute atomic E-state index is 0.0389. The molecule has 2 heterocycles. The zero-order valence-electron chi connectivity index (χ0n) is 20.3. The topological polar surface area (TPSA) is 118 Å². The molecule has 1 saturated heterocycles. The molecule has 3 aromatic rings.